The maximum atomic E-state index is 13.8. The molecule has 0 radical (unpaired) electrons. The van der Waals surface area contributed by atoms with E-state index in [0.29, 0.717) is 6.42 Å². The molecule has 0 aromatic carbocycles. The number of halogens is 8. The van der Waals surface area contributed by atoms with Gasteiger partial charge in [-0.1, -0.05) is 6.92 Å². The normalized spacial score (nSPS) is 31.1. The first kappa shape index (κ1) is 26.5. The second-order valence-electron chi connectivity index (χ2n) is 9.43. The summed E-state index contributed by atoms with van der Waals surface area (Å²) in [4.78, 5) is 37.2. The molecule has 0 aromatic rings. The lowest BCUT2D eigenvalue weighted by Gasteiger charge is -2.34. The highest BCUT2D eigenvalue weighted by molar-refractivity contribution is 5.86. The van der Waals surface area contributed by atoms with Gasteiger partial charge in [0, 0.05) is 11.8 Å². The topological polar surface area (TPSA) is 78.9 Å². The number of hydrogen-bond donors (Lipinski definition) is 0. The molecule has 34 heavy (non-hydrogen) atoms. The molecule has 2 bridgehead atoms. The van der Waals surface area contributed by atoms with Gasteiger partial charge >= 0.3 is 42.1 Å². The lowest BCUT2D eigenvalue weighted by atomic mass is 9.78. The van der Waals surface area contributed by atoms with Crippen LogP contribution in [0.1, 0.15) is 33.6 Å². The minimum absolute atomic E-state index is 0.0986. The van der Waals surface area contributed by atoms with Gasteiger partial charge in [0.15, 0.2) is 6.61 Å². The number of fused-ring (bicyclic) bond motifs is 1. The number of rotatable bonds is 9. The van der Waals surface area contributed by atoms with Crippen LogP contribution in [0.25, 0.3) is 0 Å². The van der Waals surface area contributed by atoms with Crippen LogP contribution in [0.2, 0.25) is 0 Å². The molecule has 194 valence electrons. The molecule has 1 saturated heterocycles. The zero-order valence-corrected chi connectivity index (χ0v) is 18.1. The fourth-order valence-corrected chi connectivity index (χ4v) is 4.63. The zero-order valence-electron chi connectivity index (χ0n) is 18.1. The third-order valence-corrected chi connectivity index (χ3v) is 7.05. The Labute approximate surface area is 188 Å². The van der Waals surface area contributed by atoms with Crippen LogP contribution in [-0.4, -0.2) is 60.9 Å². The highest BCUT2D eigenvalue weighted by Crippen LogP contribution is 2.59. The fourth-order valence-electron chi connectivity index (χ4n) is 4.63. The van der Waals surface area contributed by atoms with Crippen molar-refractivity contribution in [3.05, 3.63) is 0 Å². The molecule has 3 fully saturated rings. The molecule has 0 amide bonds. The number of hydrogen-bond acceptors (Lipinski definition) is 6. The summed E-state index contributed by atoms with van der Waals surface area (Å²) >= 11 is 0. The van der Waals surface area contributed by atoms with Gasteiger partial charge in [-0.05, 0) is 26.7 Å². The fraction of sp³-hybridized carbons (Fsp3) is 0.850. The molecule has 6 unspecified atom stereocenters. The average molecular weight is 510 g/mol. The van der Waals surface area contributed by atoms with Crippen molar-refractivity contribution < 1.29 is 63.7 Å². The molecule has 0 spiro atoms. The lowest BCUT2D eigenvalue weighted by Crippen LogP contribution is -2.59. The number of carbonyl (C=O) groups excluding carboxylic acids is 3. The zero-order chi connectivity index (χ0) is 26.0. The van der Waals surface area contributed by atoms with Crippen molar-refractivity contribution in [3.8, 4) is 0 Å². The Morgan fingerprint density at radius 1 is 1.09 bits per heavy atom. The molecule has 0 N–H and O–H groups in total. The molecular formula is C20H22F8O6. The van der Waals surface area contributed by atoms with E-state index < -0.39 is 90.0 Å². The van der Waals surface area contributed by atoms with Gasteiger partial charge in [-0.25, -0.2) is 8.78 Å². The van der Waals surface area contributed by atoms with Gasteiger partial charge in [-0.2, -0.15) is 26.3 Å². The number of alkyl halides is 8. The third kappa shape index (κ3) is 3.80. The Balaban J connectivity index is 1.76. The lowest BCUT2D eigenvalue weighted by molar-refractivity contribution is -0.344. The highest BCUT2D eigenvalue weighted by Gasteiger charge is 2.76. The summed E-state index contributed by atoms with van der Waals surface area (Å²) in [5.74, 6) is -26.3. The summed E-state index contributed by atoms with van der Waals surface area (Å²) in [5, 5.41) is 0. The van der Waals surface area contributed by atoms with Crippen LogP contribution in [0, 0.1) is 29.1 Å². The van der Waals surface area contributed by atoms with Crippen molar-refractivity contribution in [1.29, 1.82) is 0 Å². The number of ether oxygens (including phenoxy) is 3. The van der Waals surface area contributed by atoms with Crippen LogP contribution in [0.3, 0.4) is 0 Å². The third-order valence-electron chi connectivity index (χ3n) is 7.05. The predicted molar refractivity (Wildman–Crippen MR) is 94.2 cm³/mol. The first-order valence-corrected chi connectivity index (χ1v) is 10.4. The second-order valence-corrected chi connectivity index (χ2v) is 9.43. The largest absolute Gasteiger partial charge is 0.459 e. The van der Waals surface area contributed by atoms with E-state index in [9.17, 15) is 49.5 Å². The molecule has 1 heterocycles. The van der Waals surface area contributed by atoms with E-state index >= 15 is 0 Å². The van der Waals surface area contributed by atoms with Gasteiger partial charge in [0.25, 0.3) is 0 Å². The summed E-state index contributed by atoms with van der Waals surface area (Å²) in [6, 6.07) is 0. The number of esters is 3. The Kier molecular flexibility index (Phi) is 6.39. The molecule has 0 aromatic heterocycles. The summed E-state index contributed by atoms with van der Waals surface area (Å²) in [6.07, 6.45) is -6.66. The van der Waals surface area contributed by atoms with Crippen LogP contribution in [0.15, 0.2) is 0 Å². The quantitative estimate of drug-likeness (QED) is 0.267. The maximum absolute atomic E-state index is 13.8. The number of carbonyl (C=O) groups is 3. The Morgan fingerprint density at radius 3 is 2.21 bits per heavy atom. The maximum Gasteiger partial charge on any atom is 0.381 e. The summed E-state index contributed by atoms with van der Waals surface area (Å²) in [5.41, 5.74) is -0.941. The SMILES string of the molecule is CCC(C)(C)C(=O)OC1C2CC3C1OC(=O)C3C2C(=O)OCC(F)(F)C(F)(F)C(F)(F)C(F)F. The van der Waals surface area contributed by atoms with E-state index in [-0.39, 0.29) is 6.42 Å². The molecule has 2 aliphatic carbocycles. The van der Waals surface area contributed by atoms with Crippen LogP contribution in [0.4, 0.5) is 35.1 Å². The van der Waals surface area contributed by atoms with Crippen LogP contribution >= 0.6 is 0 Å². The summed E-state index contributed by atoms with van der Waals surface area (Å²) < 4.78 is 120. The van der Waals surface area contributed by atoms with Crippen molar-refractivity contribution in [3.63, 3.8) is 0 Å². The first-order valence-electron chi connectivity index (χ1n) is 10.4. The van der Waals surface area contributed by atoms with Gasteiger partial charge in [0.2, 0.25) is 0 Å². The van der Waals surface area contributed by atoms with Gasteiger partial charge in [-0.3, -0.25) is 14.4 Å². The van der Waals surface area contributed by atoms with Crippen LogP contribution in [0.5, 0.6) is 0 Å². The van der Waals surface area contributed by atoms with Crippen molar-refractivity contribution in [2.45, 2.75) is 70.0 Å². The van der Waals surface area contributed by atoms with E-state index in [0.717, 1.165) is 0 Å². The van der Waals surface area contributed by atoms with Crippen molar-refractivity contribution >= 4 is 17.9 Å². The summed E-state index contributed by atoms with van der Waals surface area (Å²) in [7, 11) is 0. The minimum Gasteiger partial charge on any atom is -0.459 e. The summed E-state index contributed by atoms with van der Waals surface area (Å²) in [6.45, 7) is 2.24. The van der Waals surface area contributed by atoms with Gasteiger partial charge in [-0.15, -0.1) is 0 Å². The Morgan fingerprint density at radius 2 is 1.68 bits per heavy atom. The van der Waals surface area contributed by atoms with E-state index in [1.807, 2.05) is 0 Å². The van der Waals surface area contributed by atoms with Crippen molar-refractivity contribution in [2.24, 2.45) is 29.1 Å². The van der Waals surface area contributed by atoms with Gasteiger partial charge < -0.3 is 14.2 Å². The first-order chi connectivity index (χ1) is 15.4. The Hall–Kier alpha value is -2.15. The minimum atomic E-state index is -6.54. The van der Waals surface area contributed by atoms with Crippen LogP contribution < -0.4 is 0 Å². The molecule has 2 saturated carbocycles. The van der Waals surface area contributed by atoms with Crippen LogP contribution in [-0.2, 0) is 28.6 Å². The van der Waals surface area contributed by atoms with Crippen molar-refractivity contribution in [2.75, 3.05) is 6.61 Å². The molecule has 1 aliphatic heterocycles. The Bertz CT molecular complexity index is 860. The van der Waals surface area contributed by atoms with E-state index in [2.05, 4.69) is 4.74 Å². The molecule has 3 aliphatic rings. The molecule has 6 atom stereocenters. The molecule has 6 nitrogen and oxygen atoms in total. The average Bonchev–Trinajstić information content (AvgIpc) is 3.35. The molecular weight excluding hydrogens is 488 g/mol. The van der Waals surface area contributed by atoms with E-state index in [1.165, 1.54) is 0 Å². The predicted octanol–water partition coefficient (Wildman–Crippen LogP) is 3.86. The van der Waals surface area contributed by atoms with E-state index in [1.54, 1.807) is 20.8 Å². The van der Waals surface area contributed by atoms with Gasteiger partial charge in [0.1, 0.15) is 12.2 Å². The monoisotopic (exact) mass is 510 g/mol. The standard InChI is InChI=1S/C20H22F8O6/c1-4-17(2,3)16(31)34-12-7-5-8-10(14(30)33-11(8)12)9(7)13(29)32-6-18(23,24)20(27,28)19(25,26)15(21)22/h7-12,15H,4-6H2,1-3H3. The van der Waals surface area contributed by atoms with E-state index in [4.69, 9.17) is 9.47 Å². The molecule has 14 heteroatoms. The highest BCUT2D eigenvalue weighted by atomic mass is 19.4. The second kappa shape index (κ2) is 8.21. The smallest absolute Gasteiger partial charge is 0.381 e. The molecule has 3 rings (SSSR count). The van der Waals surface area contributed by atoms with Crippen molar-refractivity contribution in [1.82, 2.24) is 0 Å². The van der Waals surface area contributed by atoms with Gasteiger partial charge in [0.05, 0.1) is 17.3 Å².